The van der Waals surface area contributed by atoms with Gasteiger partial charge < -0.3 is 5.73 Å². The molecule has 0 saturated heterocycles. The minimum atomic E-state index is 0.0672. The molecule has 19 heavy (non-hydrogen) atoms. The Morgan fingerprint density at radius 3 is 3.05 bits per heavy atom. The van der Waals surface area contributed by atoms with E-state index in [4.69, 9.17) is 5.73 Å². The van der Waals surface area contributed by atoms with Crippen LogP contribution < -0.4 is 5.73 Å². The lowest BCUT2D eigenvalue weighted by Gasteiger charge is -2.40. The molecular formula is C16H25N3. The van der Waals surface area contributed by atoms with E-state index in [0.29, 0.717) is 0 Å². The highest BCUT2D eigenvalue weighted by atomic mass is 15.3. The molecule has 3 nitrogen and oxygen atoms in total. The maximum Gasteiger partial charge on any atom is 0.0522 e. The molecule has 3 heteroatoms. The van der Waals surface area contributed by atoms with Crippen LogP contribution in [-0.4, -0.2) is 15.3 Å². The van der Waals surface area contributed by atoms with E-state index < -0.39 is 0 Å². The maximum atomic E-state index is 6.85. The quantitative estimate of drug-likeness (QED) is 0.906. The standard InChI is InChI=1S/C16H25N3/c1-2-19-10-11(9-18-19)7-16(17)8-12-6-15(16)14-5-3-4-13(12)14/h9-10,12-15H,2-8,17H2,1H3. The molecular weight excluding hydrogens is 234 g/mol. The van der Waals surface area contributed by atoms with Gasteiger partial charge in [0.25, 0.3) is 0 Å². The van der Waals surface area contributed by atoms with Crippen molar-refractivity contribution in [3.8, 4) is 0 Å². The largest absolute Gasteiger partial charge is 0.325 e. The fourth-order valence-corrected chi connectivity index (χ4v) is 5.57. The fraction of sp³-hybridized carbons (Fsp3) is 0.812. The topological polar surface area (TPSA) is 43.8 Å². The minimum absolute atomic E-state index is 0.0672. The second-order valence-corrected chi connectivity index (χ2v) is 7.18. The van der Waals surface area contributed by atoms with Crippen LogP contribution in [0.4, 0.5) is 0 Å². The molecule has 5 atom stereocenters. The van der Waals surface area contributed by atoms with Crippen molar-refractivity contribution >= 4 is 0 Å². The third-order valence-electron chi connectivity index (χ3n) is 6.23. The molecule has 1 aromatic heterocycles. The summed E-state index contributed by atoms with van der Waals surface area (Å²) in [5, 5.41) is 4.40. The van der Waals surface area contributed by atoms with E-state index in [1.165, 1.54) is 37.7 Å². The highest BCUT2D eigenvalue weighted by Gasteiger charge is 2.59. The zero-order chi connectivity index (χ0) is 13.0. The second-order valence-electron chi connectivity index (χ2n) is 7.18. The summed E-state index contributed by atoms with van der Waals surface area (Å²) in [4.78, 5) is 0. The van der Waals surface area contributed by atoms with Crippen molar-refractivity contribution in [1.29, 1.82) is 0 Å². The first-order valence-corrected chi connectivity index (χ1v) is 8.00. The molecule has 2 bridgehead atoms. The van der Waals surface area contributed by atoms with Crippen molar-refractivity contribution < 1.29 is 0 Å². The highest BCUT2D eigenvalue weighted by Crippen LogP contribution is 2.62. The number of nitrogens with two attached hydrogens (primary N) is 1. The van der Waals surface area contributed by atoms with Gasteiger partial charge in [0.2, 0.25) is 0 Å². The number of aryl methyl sites for hydroxylation is 1. The SMILES string of the molecule is CCn1cc(CC2(N)CC3CC2C2CCCC32)cn1. The summed E-state index contributed by atoms with van der Waals surface area (Å²) in [6, 6.07) is 0. The van der Waals surface area contributed by atoms with Crippen molar-refractivity contribution in [3.05, 3.63) is 18.0 Å². The molecule has 4 rings (SSSR count). The average Bonchev–Trinajstić information content (AvgIpc) is 3.08. The molecule has 3 aliphatic carbocycles. The third kappa shape index (κ3) is 1.70. The first-order valence-electron chi connectivity index (χ1n) is 8.00. The molecule has 3 saturated carbocycles. The fourth-order valence-electron chi connectivity index (χ4n) is 5.57. The zero-order valence-corrected chi connectivity index (χ0v) is 11.9. The van der Waals surface area contributed by atoms with E-state index in [1.54, 1.807) is 0 Å². The predicted octanol–water partition coefficient (Wildman–Crippen LogP) is 2.60. The Balaban J connectivity index is 1.55. The number of fused-ring (bicyclic) bond motifs is 5. The van der Waals surface area contributed by atoms with Gasteiger partial charge in [-0.15, -0.1) is 0 Å². The molecule has 0 aromatic carbocycles. The van der Waals surface area contributed by atoms with E-state index in [0.717, 1.165) is 36.6 Å². The summed E-state index contributed by atoms with van der Waals surface area (Å²) in [6.07, 6.45) is 12.3. The van der Waals surface area contributed by atoms with E-state index in [-0.39, 0.29) is 5.54 Å². The number of hydrogen-bond acceptors (Lipinski definition) is 2. The smallest absolute Gasteiger partial charge is 0.0522 e. The first-order chi connectivity index (χ1) is 9.19. The van der Waals surface area contributed by atoms with Crippen LogP contribution in [0.25, 0.3) is 0 Å². The highest BCUT2D eigenvalue weighted by molar-refractivity contribution is 5.18. The summed E-state index contributed by atoms with van der Waals surface area (Å²) >= 11 is 0. The van der Waals surface area contributed by atoms with E-state index >= 15 is 0 Å². The van der Waals surface area contributed by atoms with Gasteiger partial charge in [0, 0.05) is 18.3 Å². The summed E-state index contributed by atoms with van der Waals surface area (Å²) in [5.74, 6) is 3.70. The van der Waals surface area contributed by atoms with Gasteiger partial charge >= 0.3 is 0 Å². The van der Waals surface area contributed by atoms with Gasteiger partial charge in [-0.25, -0.2) is 0 Å². The number of nitrogens with zero attached hydrogens (tertiary/aromatic N) is 2. The molecule has 3 fully saturated rings. The minimum Gasteiger partial charge on any atom is -0.325 e. The van der Waals surface area contributed by atoms with E-state index in [1.807, 2.05) is 10.9 Å². The molecule has 3 aliphatic rings. The van der Waals surface area contributed by atoms with Gasteiger partial charge in [0.15, 0.2) is 0 Å². The molecule has 0 aliphatic heterocycles. The van der Waals surface area contributed by atoms with Crippen molar-refractivity contribution in [1.82, 2.24) is 9.78 Å². The predicted molar refractivity (Wildman–Crippen MR) is 75.6 cm³/mol. The van der Waals surface area contributed by atoms with Crippen LogP contribution in [0.1, 0.15) is 44.6 Å². The summed E-state index contributed by atoms with van der Waals surface area (Å²) < 4.78 is 2.02. The van der Waals surface area contributed by atoms with Crippen LogP contribution in [0, 0.1) is 23.7 Å². The van der Waals surface area contributed by atoms with Gasteiger partial charge in [-0.05, 0) is 68.3 Å². The monoisotopic (exact) mass is 259 g/mol. The molecule has 1 aromatic rings. The zero-order valence-electron chi connectivity index (χ0n) is 11.9. The number of hydrogen-bond donors (Lipinski definition) is 1. The van der Waals surface area contributed by atoms with Crippen LogP contribution in [0.15, 0.2) is 12.4 Å². The maximum absolute atomic E-state index is 6.85. The Morgan fingerprint density at radius 2 is 2.26 bits per heavy atom. The van der Waals surface area contributed by atoms with Crippen LogP contribution in [0.5, 0.6) is 0 Å². The van der Waals surface area contributed by atoms with Crippen molar-refractivity contribution in [3.63, 3.8) is 0 Å². The Hall–Kier alpha value is -0.830. The van der Waals surface area contributed by atoms with Crippen molar-refractivity contribution in [2.45, 2.75) is 57.5 Å². The number of rotatable bonds is 3. The Kier molecular flexibility index (Phi) is 2.57. The number of aromatic nitrogens is 2. The lowest BCUT2D eigenvalue weighted by atomic mass is 9.69. The summed E-state index contributed by atoms with van der Waals surface area (Å²) in [5.41, 5.74) is 8.25. The van der Waals surface area contributed by atoms with Gasteiger partial charge in [-0.3, -0.25) is 4.68 Å². The molecule has 0 spiro atoms. The van der Waals surface area contributed by atoms with Gasteiger partial charge in [-0.1, -0.05) is 6.42 Å². The van der Waals surface area contributed by atoms with Crippen LogP contribution >= 0.6 is 0 Å². The second kappa shape index (κ2) is 4.08. The lowest BCUT2D eigenvalue weighted by molar-refractivity contribution is 0.156. The molecule has 0 radical (unpaired) electrons. The summed E-state index contributed by atoms with van der Waals surface area (Å²) in [7, 11) is 0. The molecule has 2 N–H and O–H groups in total. The van der Waals surface area contributed by atoms with Gasteiger partial charge in [0.05, 0.1) is 6.20 Å². The molecule has 104 valence electrons. The Morgan fingerprint density at radius 1 is 1.42 bits per heavy atom. The van der Waals surface area contributed by atoms with Crippen molar-refractivity contribution in [2.24, 2.45) is 29.4 Å². The van der Waals surface area contributed by atoms with Crippen molar-refractivity contribution in [2.75, 3.05) is 0 Å². The summed E-state index contributed by atoms with van der Waals surface area (Å²) in [6.45, 7) is 3.09. The molecule has 1 heterocycles. The van der Waals surface area contributed by atoms with Gasteiger partial charge in [0.1, 0.15) is 0 Å². The van der Waals surface area contributed by atoms with E-state index in [2.05, 4.69) is 18.2 Å². The normalized spacial score (nSPS) is 43.9. The Labute approximate surface area is 115 Å². The molecule has 0 amide bonds. The Bertz CT molecular complexity index is 480. The first kappa shape index (κ1) is 12.0. The van der Waals surface area contributed by atoms with Crippen LogP contribution in [-0.2, 0) is 13.0 Å². The van der Waals surface area contributed by atoms with Crippen LogP contribution in [0.2, 0.25) is 0 Å². The molecule has 5 unspecified atom stereocenters. The van der Waals surface area contributed by atoms with Gasteiger partial charge in [-0.2, -0.15) is 5.10 Å². The lowest BCUT2D eigenvalue weighted by Crippen LogP contribution is -2.50. The van der Waals surface area contributed by atoms with E-state index in [9.17, 15) is 0 Å². The van der Waals surface area contributed by atoms with Crippen LogP contribution in [0.3, 0.4) is 0 Å². The average molecular weight is 259 g/mol. The third-order valence-corrected chi connectivity index (χ3v) is 6.23.